The van der Waals surface area contributed by atoms with Crippen LogP contribution >= 0.6 is 11.8 Å². The van der Waals surface area contributed by atoms with Crippen molar-refractivity contribution in [3.05, 3.63) is 60.5 Å². The van der Waals surface area contributed by atoms with E-state index in [4.69, 9.17) is 4.42 Å². The average molecular weight is 483 g/mol. The lowest BCUT2D eigenvalue weighted by Gasteiger charge is -2.15. The Morgan fingerprint density at radius 2 is 1.64 bits per heavy atom. The summed E-state index contributed by atoms with van der Waals surface area (Å²) in [4.78, 5) is 0.301. The summed E-state index contributed by atoms with van der Waals surface area (Å²) in [6.07, 6.45) is 1.82. The van der Waals surface area contributed by atoms with Gasteiger partial charge in [0.05, 0.1) is 10.6 Å². The molecule has 0 atom stereocenters. The number of thioether (sulfide) groups is 1. The summed E-state index contributed by atoms with van der Waals surface area (Å²) in [6, 6.07) is 16.4. The van der Waals surface area contributed by atoms with Gasteiger partial charge in [0.1, 0.15) is 0 Å². The van der Waals surface area contributed by atoms with Gasteiger partial charge >= 0.3 is 0 Å². The summed E-state index contributed by atoms with van der Waals surface area (Å²) in [5.74, 6) is 2.09. The van der Waals surface area contributed by atoms with E-state index in [-0.39, 0.29) is 0 Å². The van der Waals surface area contributed by atoms with Gasteiger partial charge in [-0.3, -0.25) is 0 Å². The third-order valence-electron chi connectivity index (χ3n) is 5.46. The van der Waals surface area contributed by atoms with Gasteiger partial charge in [0.15, 0.2) is 11.0 Å². The largest absolute Gasteiger partial charge is 0.420 e. The second-order valence-corrected chi connectivity index (χ2v) is 10.5. The van der Waals surface area contributed by atoms with Crippen molar-refractivity contribution in [2.75, 3.05) is 13.1 Å². The summed E-state index contributed by atoms with van der Waals surface area (Å²) in [5.41, 5.74) is 1.67. The van der Waals surface area contributed by atoms with Crippen molar-refractivity contribution in [2.45, 2.75) is 28.6 Å². The van der Waals surface area contributed by atoms with Gasteiger partial charge < -0.3 is 8.98 Å². The monoisotopic (exact) mass is 482 g/mol. The highest BCUT2D eigenvalue weighted by atomic mass is 32.2. The van der Waals surface area contributed by atoms with Crippen LogP contribution in [0.2, 0.25) is 0 Å². The maximum absolute atomic E-state index is 12.7. The molecule has 33 heavy (non-hydrogen) atoms. The highest BCUT2D eigenvalue weighted by Gasteiger charge is 2.27. The Kier molecular flexibility index (Phi) is 6.00. The van der Waals surface area contributed by atoms with E-state index in [9.17, 15) is 8.42 Å². The quantitative estimate of drug-likeness (QED) is 0.368. The van der Waals surface area contributed by atoms with Gasteiger partial charge in [0.25, 0.3) is 0 Å². The van der Waals surface area contributed by atoms with Crippen LogP contribution in [-0.4, -0.2) is 50.8 Å². The predicted octanol–water partition coefficient (Wildman–Crippen LogP) is 3.61. The van der Waals surface area contributed by atoms with Gasteiger partial charge in [-0.05, 0) is 49.2 Å². The number of sulfonamides is 1. The average Bonchev–Trinajstić information content (AvgIpc) is 3.60. The molecular weight excluding hydrogens is 460 g/mol. The molecule has 1 aliphatic heterocycles. The molecule has 0 spiro atoms. The van der Waals surface area contributed by atoms with E-state index in [1.807, 2.05) is 41.9 Å². The third kappa shape index (κ3) is 4.43. The van der Waals surface area contributed by atoms with Gasteiger partial charge in [-0.2, -0.15) is 4.31 Å². The first kappa shape index (κ1) is 21.8. The Hall–Kier alpha value is -3.02. The first-order valence-corrected chi connectivity index (χ1v) is 13.0. The van der Waals surface area contributed by atoms with E-state index in [1.165, 1.54) is 11.8 Å². The van der Waals surface area contributed by atoms with Crippen molar-refractivity contribution in [2.24, 2.45) is 7.05 Å². The minimum Gasteiger partial charge on any atom is -0.420 e. The maximum atomic E-state index is 12.7. The van der Waals surface area contributed by atoms with Gasteiger partial charge in [-0.1, -0.05) is 30.0 Å². The number of benzene rings is 2. The summed E-state index contributed by atoms with van der Waals surface area (Å²) in [6.45, 7) is 1.17. The molecule has 3 heterocycles. The van der Waals surface area contributed by atoms with Crippen LogP contribution in [0.15, 0.2) is 69.1 Å². The molecular formula is C22H22N6O3S2. The van der Waals surface area contributed by atoms with Crippen molar-refractivity contribution in [1.82, 2.24) is 29.3 Å². The smallest absolute Gasteiger partial charge is 0.247 e. The van der Waals surface area contributed by atoms with Crippen LogP contribution in [0.3, 0.4) is 0 Å². The van der Waals surface area contributed by atoms with Crippen molar-refractivity contribution in [3.8, 4) is 22.8 Å². The molecule has 4 aromatic rings. The lowest BCUT2D eigenvalue weighted by Crippen LogP contribution is -2.27. The molecule has 1 fully saturated rings. The van der Waals surface area contributed by atoms with Crippen LogP contribution < -0.4 is 0 Å². The van der Waals surface area contributed by atoms with E-state index >= 15 is 0 Å². The lowest BCUT2D eigenvalue weighted by molar-refractivity contribution is 0.477. The second kappa shape index (κ2) is 9.08. The predicted molar refractivity (Wildman–Crippen MR) is 124 cm³/mol. The van der Waals surface area contributed by atoms with E-state index in [2.05, 4.69) is 20.4 Å². The van der Waals surface area contributed by atoms with Crippen LogP contribution in [0, 0.1) is 0 Å². The number of hydrogen-bond donors (Lipinski definition) is 0. The van der Waals surface area contributed by atoms with Gasteiger partial charge in [-0.15, -0.1) is 20.4 Å². The van der Waals surface area contributed by atoms with Crippen molar-refractivity contribution >= 4 is 21.8 Å². The zero-order valence-corrected chi connectivity index (χ0v) is 19.6. The van der Waals surface area contributed by atoms with Crippen LogP contribution in [-0.2, 0) is 22.8 Å². The fraction of sp³-hybridized carbons (Fsp3) is 0.273. The van der Waals surface area contributed by atoms with Crippen LogP contribution in [0.4, 0.5) is 0 Å². The molecule has 1 aliphatic rings. The fourth-order valence-corrected chi connectivity index (χ4v) is 5.95. The normalized spacial score (nSPS) is 14.7. The van der Waals surface area contributed by atoms with E-state index in [0.717, 1.165) is 24.0 Å². The molecule has 9 nitrogen and oxygen atoms in total. The minimum absolute atomic E-state index is 0.301. The molecule has 0 bridgehead atoms. The number of hydrogen-bond acceptors (Lipinski definition) is 8. The Morgan fingerprint density at radius 3 is 2.36 bits per heavy atom. The third-order valence-corrected chi connectivity index (χ3v) is 8.38. The molecule has 170 valence electrons. The Morgan fingerprint density at radius 1 is 0.909 bits per heavy atom. The van der Waals surface area contributed by atoms with Gasteiger partial charge in [0, 0.05) is 31.3 Å². The summed E-state index contributed by atoms with van der Waals surface area (Å²) < 4.78 is 34.6. The topological polar surface area (TPSA) is 107 Å². The molecule has 5 rings (SSSR count). The number of aromatic nitrogens is 5. The Bertz CT molecular complexity index is 1340. The highest BCUT2D eigenvalue weighted by Crippen LogP contribution is 2.28. The molecule has 2 aromatic heterocycles. The first-order chi connectivity index (χ1) is 16.0. The van der Waals surface area contributed by atoms with E-state index in [1.54, 1.807) is 28.6 Å². The number of rotatable bonds is 7. The molecule has 0 amide bonds. The summed E-state index contributed by atoms with van der Waals surface area (Å²) >= 11 is 1.44. The zero-order chi connectivity index (χ0) is 22.8. The lowest BCUT2D eigenvalue weighted by atomic mass is 10.2. The molecule has 11 heteroatoms. The Balaban J connectivity index is 1.28. The van der Waals surface area contributed by atoms with E-state index in [0.29, 0.717) is 46.5 Å². The maximum Gasteiger partial charge on any atom is 0.247 e. The molecule has 0 unspecified atom stereocenters. The molecule has 0 saturated carbocycles. The molecule has 0 radical (unpaired) electrons. The zero-order valence-electron chi connectivity index (χ0n) is 18.0. The van der Waals surface area contributed by atoms with Crippen molar-refractivity contribution in [3.63, 3.8) is 0 Å². The molecule has 1 saturated heterocycles. The van der Waals surface area contributed by atoms with Crippen LogP contribution in [0.1, 0.15) is 18.7 Å². The van der Waals surface area contributed by atoms with Crippen molar-refractivity contribution in [1.29, 1.82) is 0 Å². The highest BCUT2D eigenvalue weighted by molar-refractivity contribution is 7.98. The molecule has 2 aromatic carbocycles. The van der Waals surface area contributed by atoms with Crippen LogP contribution in [0.5, 0.6) is 0 Å². The number of nitrogens with zero attached hydrogens (tertiary/aromatic N) is 6. The van der Waals surface area contributed by atoms with Crippen LogP contribution in [0.25, 0.3) is 22.8 Å². The second-order valence-electron chi connectivity index (χ2n) is 7.66. The summed E-state index contributed by atoms with van der Waals surface area (Å²) in [7, 11) is -1.57. The molecule has 0 N–H and O–H groups in total. The van der Waals surface area contributed by atoms with Gasteiger partial charge in [0.2, 0.25) is 21.8 Å². The standard InChI is InChI=1S/C22H22N6O3S2/c1-27-20(16-9-11-18(12-10-16)33(29,30)28-13-5-6-14-28)24-26-22(27)32-15-19-23-25-21(31-19)17-7-3-2-4-8-17/h2-4,7-12H,5-6,13-15H2,1H3. The summed E-state index contributed by atoms with van der Waals surface area (Å²) in [5, 5.41) is 17.5. The van der Waals surface area contributed by atoms with E-state index < -0.39 is 10.0 Å². The van der Waals surface area contributed by atoms with Crippen molar-refractivity contribution < 1.29 is 12.8 Å². The van der Waals surface area contributed by atoms with Gasteiger partial charge in [-0.25, -0.2) is 8.42 Å². The minimum atomic E-state index is -3.44. The Labute approximate surface area is 195 Å². The fourth-order valence-electron chi connectivity index (χ4n) is 3.68. The molecule has 0 aliphatic carbocycles. The SMILES string of the molecule is Cn1c(SCc2nnc(-c3ccccc3)o2)nnc1-c1ccc(S(=O)(=O)N2CCCC2)cc1. The first-order valence-electron chi connectivity index (χ1n) is 10.5.